The molecule has 0 aliphatic carbocycles. The standard InChI is InChI=1S/C73H132O6/c1-4-7-10-13-16-19-22-25-28-30-32-34-35-36-37-39-40-42-45-48-51-54-57-60-63-66-72(75)78-69-70(68-77-71(74)65-62-59-56-53-50-47-44-27-24-21-18-15-12-9-6-3)79-73(76)67-64-61-58-55-52-49-46-43-41-38-33-31-29-26-23-20-17-14-11-8-5-2/h7,10,16,19,25,28,32,34,36-37,70H,4-6,8-9,11-15,17-18,20-24,26-27,29-31,33,35,38-69H2,1-3H3/b10-7-,19-16-,28-25-,34-32-,37-36-. The molecule has 0 aromatic rings. The lowest BCUT2D eigenvalue weighted by Gasteiger charge is -2.18. The first-order valence-corrected chi connectivity index (χ1v) is 34.8. The predicted molar refractivity (Wildman–Crippen MR) is 344 cm³/mol. The van der Waals surface area contributed by atoms with Gasteiger partial charge in [0.2, 0.25) is 0 Å². The number of carbonyl (C=O) groups is 3. The van der Waals surface area contributed by atoms with E-state index in [0.29, 0.717) is 19.3 Å². The van der Waals surface area contributed by atoms with Crippen LogP contribution in [0.25, 0.3) is 0 Å². The van der Waals surface area contributed by atoms with Crippen molar-refractivity contribution in [1.82, 2.24) is 0 Å². The Morgan fingerprint density at radius 2 is 0.494 bits per heavy atom. The lowest BCUT2D eigenvalue weighted by molar-refractivity contribution is -0.167. The highest BCUT2D eigenvalue weighted by Gasteiger charge is 2.19. The summed E-state index contributed by atoms with van der Waals surface area (Å²) < 4.78 is 17.0. The lowest BCUT2D eigenvalue weighted by atomic mass is 10.0. The van der Waals surface area contributed by atoms with Crippen molar-refractivity contribution in [2.24, 2.45) is 0 Å². The molecule has 0 aromatic carbocycles. The van der Waals surface area contributed by atoms with Crippen LogP contribution in [0.3, 0.4) is 0 Å². The molecule has 0 aliphatic rings. The molecule has 0 aliphatic heterocycles. The summed E-state index contributed by atoms with van der Waals surface area (Å²) in [6, 6.07) is 0. The molecule has 0 aromatic heterocycles. The predicted octanol–water partition coefficient (Wildman–Crippen LogP) is 23.9. The van der Waals surface area contributed by atoms with Crippen LogP contribution < -0.4 is 0 Å². The summed E-state index contributed by atoms with van der Waals surface area (Å²) in [4.78, 5) is 38.4. The van der Waals surface area contributed by atoms with Gasteiger partial charge in [-0.05, 0) is 64.2 Å². The van der Waals surface area contributed by atoms with E-state index in [2.05, 4.69) is 81.5 Å². The van der Waals surface area contributed by atoms with Crippen molar-refractivity contribution in [3.63, 3.8) is 0 Å². The first-order chi connectivity index (χ1) is 39.0. The van der Waals surface area contributed by atoms with Crippen LogP contribution in [0, 0.1) is 0 Å². The zero-order valence-electron chi connectivity index (χ0n) is 52.9. The second-order valence-electron chi connectivity index (χ2n) is 23.4. The first-order valence-electron chi connectivity index (χ1n) is 34.8. The first kappa shape index (κ1) is 76.1. The quantitative estimate of drug-likeness (QED) is 0.0261. The SMILES string of the molecule is CC/C=C\C/C=C\C/C=C\C/C=C\C/C=C\CCCCCCCCCCCC(=O)OCC(COC(=O)CCCCCCCCCCCCCCCCC)OC(=O)CCCCCCCCCCCCCCCCCCCCCCC. The third kappa shape index (κ3) is 65.8. The van der Waals surface area contributed by atoms with Gasteiger partial charge in [0.05, 0.1) is 0 Å². The fourth-order valence-corrected chi connectivity index (χ4v) is 10.4. The molecule has 1 atom stereocenters. The third-order valence-corrected chi connectivity index (χ3v) is 15.5. The maximum absolute atomic E-state index is 13.0. The summed E-state index contributed by atoms with van der Waals surface area (Å²) in [5.74, 6) is -0.850. The minimum absolute atomic E-state index is 0.0702. The van der Waals surface area contributed by atoms with Crippen LogP contribution in [-0.2, 0) is 28.6 Å². The normalized spacial score (nSPS) is 12.4. The number of carbonyl (C=O) groups excluding carboxylic acids is 3. The van der Waals surface area contributed by atoms with E-state index in [4.69, 9.17) is 14.2 Å². The van der Waals surface area contributed by atoms with Gasteiger partial charge in [-0.15, -0.1) is 0 Å². The van der Waals surface area contributed by atoms with Crippen molar-refractivity contribution in [1.29, 1.82) is 0 Å². The van der Waals surface area contributed by atoms with Gasteiger partial charge in [0.15, 0.2) is 6.10 Å². The number of esters is 3. The van der Waals surface area contributed by atoms with Crippen molar-refractivity contribution in [3.8, 4) is 0 Å². The van der Waals surface area contributed by atoms with Gasteiger partial charge in [-0.1, -0.05) is 345 Å². The summed E-state index contributed by atoms with van der Waals surface area (Å²) in [5, 5.41) is 0. The van der Waals surface area contributed by atoms with Crippen LogP contribution in [0.4, 0.5) is 0 Å². The van der Waals surface area contributed by atoms with Crippen LogP contribution in [0.2, 0.25) is 0 Å². The van der Waals surface area contributed by atoms with Crippen LogP contribution in [0.15, 0.2) is 60.8 Å². The fraction of sp³-hybridized carbons (Fsp3) is 0.822. The van der Waals surface area contributed by atoms with E-state index in [0.717, 1.165) is 96.3 Å². The Morgan fingerprint density at radius 3 is 0.772 bits per heavy atom. The number of unbranched alkanes of at least 4 members (excludes halogenated alkanes) is 43. The summed E-state index contributed by atoms with van der Waals surface area (Å²) in [5.41, 5.74) is 0. The molecular weight excluding hydrogens is 973 g/mol. The molecule has 0 amide bonds. The topological polar surface area (TPSA) is 78.9 Å². The van der Waals surface area contributed by atoms with Crippen molar-refractivity contribution >= 4 is 17.9 Å². The number of rotatable bonds is 64. The molecule has 6 nitrogen and oxygen atoms in total. The summed E-state index contributed by atoms with van der Waals surface area (Å²) in [6.07, 6.45) is 86.6. The minimum Gasteiger partial charge on any atom is -0.462 e. The van der Waals surface area contributed by atoms with Gasteiger partial charge in [-0.25, -0.2) is 0 Å². The molecule has 0 radical (unpaired) electrons. The lowest BCUT2D eigenvalue weighted by Crippen LogP contribution is -2.30. The van der Waals surface area contributed by atoms with E-state index in [9.17, 15) is 14.4 Å². The molecule has 460 valence electrons. The molecule has 6 heteroatoms. The number of hydrogen-bond acceptors (Lipinski definition) is 6. The van der Waals surface area contributed by atoms with E-state index >= 15 is 0 Å². The summed E-state index contributed by atoms with van der Waals surface area (Å²) in [6.45, 7) is 6.59. The highest BCUT2D eigenvalue weighted by Crippen LogP contribution is 2.18. The maximum Gasteiger partial charge on any atom is 0.306 e. The zero-order valence-corrected chi connectivity index (χ0v) is 52.9. The minimum atomic E-state index is -0.775. The highest BCUT2D eigenvalue weighted by molar-refractivity contribution is 5.71. The van der Waals surface area contributed by atoms with Crippen molar-refractivity contribution in [3.05, 3.63) is 60.8 Å². The van der Waals surface area contributed by atoms with Crippen LogP contribution in [0.1, 0.15) is 367 Å². The number of ether oxygens (including phenoxy) is 3. The van der Waals surface area contributed by atoms with Crippen molar-refractivity contribution in [2.45, 2.75) is 374 Å². The van der Waals surface area contributed by atoms with E-state index in [1.807, 2.05) is 0 Å². The van der Waals surface area contributed by atoms with Crippen LogP contribution in [-0.4, -0.2) is 37.2 Å². The number of allylic oxidation sites excluding steroid dienone is 10. The van der Waals surface area contributed by atoms with E-state index in [1.165, 1.54) is 231 Å². The molecule has 0 saturated heterocycles. The van der Waals surface area contributed by atoms with E-state index in [1.54, 1.807) is 0 Å². The van der Waals surface area contributed by atoms with Crippen LogP contribution in [0.5, 0.6) is 0 Å². The molecule has 1 unspecified atom stereocenters. The second kappa shape index (κ2) is 67.6. The Kier molecular flexibility index (Phi) is 65.1. The molecule has 0 spiro atoms. The van der Waals surface area contributed by atoms with Gasteiger partial charge >= 0.3 is 17.9 Å². The Labute approximate surface area is 491 Å². The van der Waals surface area contributed by atoms with Gasteiger partial charge in [0, 0.05) is 19.3 Å². The summed E-state index contributed by atoms with van der Waals surface area (Å²) in [7, 11) is 0. The molecule has 0 bridgehead atoms. The Morgan fingerprint density at radius 1 is 0.266 bits per heavy atom. The molecule has 0 rings (SSSR count). The third-order valence-electron chi connectivity index (χ3n) is 15.5. The average molecular weight is 1110 g/mol. The summed E-state index contributed by atoms with van der Waals surface area (Å²) >= 11 is 0. The highest BCUT2D eigenvalue weighted by atomic mass is 16.6. The van der Waals surface area contributed by atoms with Gasteiger partial charge in [0.1, 0.15) is 13.2 Å². The molecular formula is C73H132O6. The molecule has 79 heavy (non-hydrogen) atoms. The Bertz CT molecular complexity index is 1410. The van der Waals surface area contributed by atoms with Gasteiger partial charge in [-0.3, -0.25) is 14.4 Å². The molecule has 0 heterocycles. The molecule has 0 fully saturated rings. The van der Waals surface area contributed by atoms with Gasteiger partial charge in [0.25, 0.3) is 0 Å². The Balaban J connectivity index is 4.31. The number of hydrogen-bond donors (Lipinski definition) is 0. The Hall–Kier alpha value is -2.89. The van der Waals surface area contributed by atoms with Crippen LogP contribution >= 0.6 is 0 Å². The largest absolute Gasteiger partial charge is 0.462 e. The second-order valence-corrected chi connectivity index (χ2v) is 23.4. The monoisotopic (exact) mass is 1110 g/mol. The van der Waals surface area contributed by atoms with Gasteiger partial charge in [-0.2, -0.15) is 0 Å². The van der Waals surface area contributed by atoms with E-state index in [-0.39, 0.29) is 31.1 Å². The average Bonchev–Trinajstić information content (AvgIpc) is 3.45. The van der Waals surface area contributed by atoms with E-state index < -0.39 is 6.10 Å². The smallest absolute Gasteiger partial charge is 0.306 e. The fourth-order valence-electron chi connectivity index (χ4n) is 10.4. The molecule has 0 N–H and O–H groups in total. The van der Waals surface area contributed by atoms with Crippen molar-refractivity contribution in [2.75, 3.05) is 13.2 Å². The van der Waals surface area contributed by atoms with Crippen molar-refractivity contribution < 1.29 is 28.6 Å². The molecule has 0 saturated carbocycles. The zero-order chi connectivity index (χ0) is 57.1. The van der Waals surface area contributed by atoms with Gasteiger partial charge < -0.3 is 14.2 Å². The maximum atomic E-state index is 13.0.